The number of rotatable bonds is 5. The molecule has 0 aliphatic rings. The summed E-state index contributed by atoms with van der Waals surface area (Å²) in [5.74, 6) is 0.365. The smallest absolute Gasteiger partial charge is 0.0671 e. The van der Waals surface area contributed by atoms with E-state index in [4.69, 9.17) is 28.5 Å². The molecule has 1 unspecified atom stereocenters. The van der Waals surface area contributed by atoms with Gasteiger partial charge in [0, 0.05) is 29.4 Å². The molecular formula is C13H16Cl2N2. The molecule has 0 saturated heterocycles. The molecule has 17 heavy (non-hydrogen) atoms. The van der Waals surface area contributed by atoms with Gasteiger partial charge in [-0.3, -0.25) is 0 Å². The number of alkyl halides is 1. The van der Waals surface area contributed by atoms with E-state index in [-0.39, 0.29) is 5.92 Å². The molecule has 0 N–H and O–H groups in total. The lowest BCUT2D eigenvalue weighted by atomic mass is 10.1. The quantitative estimate of drug-likeness (QED) is 0.755. The molecule has 1 atom stereocenters. The summed E-state index contributed by atoms with van der Waals surface area (Å²) in [7, 11) is 0. The topological polar surface area (TPSA) is 27.0 Å². The minimum atomic E-state index is -0.0166. The van der Waals surface area contributed by atoms with Gasteiger partial charge in [0.25, 0.3) is 0 Å². The highest BCUT2D eigenvalue weighted by atomic mass is 35.5. The predicted octanol–water partition coefficient (Wildman–Crippen LogP) is 4.06. The molecule has 2 nitrogen and oxygen atoms in total. The van der Waals surface area contributed by atoms with Crippen LogP contribution in [0.15, 0.2) is 18.2 Å². The second-order valence-electron chi connectivity index (χ2n) is 3.94. The van der Waals surface area contributed by atoms with Crippen molar-refractivity contribution in [3.05, 3.63) is 28.8 Å². The first kappa shape index (κ1) is 14.2. The number of benzene rings is 1. The highest BCUT2D eigenvalue weighted by Crippen LogP contribution is 2.29. The summed E-state index contributed by atoms with van der Waals surface area (Å²) < 4.78 is 0. The number of nitriles is 1. The fourth-order valence-corrected chi connectivity index (χ4v) is 2.33. The van der Waals surface area contributed by atoms with Crippen molar-refractivity contribution in [2.45, 2.75) is 19.7 Å². The van der Waals surface area contributed by atoms with Crippen LogP contribution in [-0.4, -0.2) is 13.1 Å². The van der Waals surface area contributed by atoms with E-state index in [1.807, 2.05) is 25.1 Å². The largest absolute Gasteiger partial charge is 0.370 e. The van der Waals surface area contributed by atoms with Gasteiger partial charge in [0.05, 0.1) is 17.9 Å². The minimum Gasteiger partial charge on any atom is -0.370 e. The van der Waals surface area contributed by atoms with Crippen LogP contribution in [0, 0.1) is 17.2 Å². The van der Waals surface area contributed by atoms with Crippen LogP contribution >= 0.6 is 23.2 Å². The summed E-state index contributed by atoms with van der Waals surface area (Å²) in [6.45, 7) is 5.49. The van der Waals surface area contributed by atoms with Gasteiger partial charge in [-0.05, 0) is 26.0 Å². The van der Waals surface area contributed by atoms with E-state index in [1.165, 1.54) is 0 Å². The van der Waals surface area contributed by atoms with Gasteiger partial charge < -0.3 is 4.90 Å². The van der Waals surface area contributed by atoms with Crippen LogP contribution in [0.2, 0.25) is 5.02 Å². The molecule has 1 aromatic rings. The maximum Gasteiger partial charge on any atom is 0.0671 e. The number of hydrogen-bond acceptors (Lipinski definition) is 2. The highest BCUT2D eigenvalue weighted by molar-refractivity contribution is 6.32. The molecule has 0 saturated carbocycles. The molecular weight excluding hydrogens is 255 g/mol. The fourth-order valence-electron chi connectivity index (χ4n) is 1.75. The van der Waals surface area contributed by atoms with Crippen molar-refractivity contribution in [1.82, 2.24) is 0 Å². The van der Waals surface area contributed by atoms with Crippen LogP contribution in [0.3, 0.4) is 0 Å². The maximum absolute atomic E-state index is 8.88. The van der Waals surface area contributed by atoms with Crippen LogP contribution in [-0.2, 0) is 5.88 Å². The van der Waals surface area contributed by atoms with Gasteiger partial charge in [-0.1, -0.05) is 17.7 Å². The van der Waals surface area contributed by atoms with Gasteiger partial charge in [0.1, 0.15) is 0 Å². The maximum atomic E-state index is 8.88. The lowest BCUT2D eigenvalue weighted by Crippen LogP contribution is -2.28. The van der Waals surface area contributed by atoms with Gasteiger partial charge in [0.2, 0.25) is 0 Å². The Morgan fingerprint density at radius 3 is 2.71 bits per heavy atom. The SMILES string of the molecule is CCN(CC(C)C#N)c1cccc(Cl)c1CCl. The second-order valence-corrected chi connectivity index (χ2v) is 4.61. The lowest BCUT2D eigenvalue weighted by molar-refractivity contribution is 0.685. The van der Waals surface area contributed by atoms with Crippen molar-refractivity contribution in [3.8, 4) is 6.07 Å². The zero-order valence-corrected chi connectivity index (χ0v) is 11.6. The zero-order valence-electron chi connectivity index (χ0n) is 10.1. The molecule has 0 aliphatic heterocycles. The summed E-state index contributed by atoms with van der Waals surface area (Å²) in [4.78, 5) is 2.14. The molecule has 0 radical (unpaired) electrons. The Bertz CT molecular complexity index is 412. The molecule has 1 aromatic carbocycles. The number of halogens is 2. The molecule has 1 rings (SSSR count). The Morgan fingerprint density at radius 2 is 2.18 bits per heavy atom. The average molecular weight is 271 g/mol. The third kappa shape index (κ3) is 3.52. The van der Waals surface area contributed by atoms with Gasteiger partial charge >= 0.3 is 0 Å². The minimum absolute atomic E-state index is 0.0166. The zero-order chi connectivity index (χ0) is 12.8. The van der Waals surface area contributed by atoms with Crippen LogP contribution in [0.25, 0.3) is 0 Å². The summed E-state index contributed by atoms with van der Waals surface area (Å²) in [5.41, 5.74) is 1.96. The van der Waals surface area contributed by atoms with Gasteiger partial charge in [0.15, 0.2) is 0 Å². The van der Waals surface area contributed by atoms with E-state index in [9.17, 15) is 0 Å². The molecule has 0 heterocycles. The van der Waals surface area contributed by atoms with E-state index in [2.05, 4.69) is 17.9 Å². The molecule has 0 spiro atoms. The van der Waals surface area contributed by atoms with Gasteiger partial charge in [-0.25, -0.2) is 0 Å². The van der Waals surface area contributed by atoms with Crippen LogP contribution < -0.4 is 4.90 Å². The number of nitrogens with zero attached hydrogens (tertiary/aromatic N) is 2. The molecule has 0 aliphatic carbocycles. The third-order valence-corrected chi connectivity index (χ3v) is 3.29. The molecule has 4 heteroatoms. The Kier molecular flexibility index (Phi) is 5.61. The Morgan fingerprint density at radius 1 is 1.47 bits per heavy atom. The Labute approximate surface area is 113 Å². The summed E-state index contributed by atoms with van der Waals surface area (Å²) in [6, 6.07) is 7.99. The molecule has 0 bridgehead atoms. The molecule has 0 aromatic heterocycles. The van der Waals surface area contributed by atoms with Crippen LogP contribution in [0.4, 0.5) is 5.69 Å². The molecule has 92 valence electrons. The predicted molar refractivity (Wildman–Crippen MR) is 73.7 cm³/mol. The van der Waals surface area contributed by atoms with E-state index in [1.54, 1.807) is 0 Å². The number of anilines is 1. The normalized spacial score (nSPS) is 11.9. The first-order valence-corrected chi connectivity index (χ1v) is 6.53. The van der Waals surface area contributed by atoms with Crippen molar-refractivity contribution in [2.24, 2.45) is 5.92 Å². The highest BCUT2D eigenvalue weighted by Gasteiger charge is 2.14. The molecule has 0 fully saturated rings. The van der Waals surface area contributed by atoms with Gasteiger partial charge in [-0.15, -0.1) is 11.6 Å². The van der Waals surface area contributed by atoms with E-state index in [0.717, 1.165) is 17.8 Å². The van der Waals surface area contributed by atoms with Gasteiger partial charge in [-0.2, -0.15) is 5.26 Å². The summed E-state index contributed by atoms with van der Waals surface area (Å²) in [6.07, 6.45) is 0. The van der Waals surface area contributed by atoms with Crippen molar-refractivity contribution >= 4 is 28.9 Å². The van der Waals surface area contributed by atoms with Crippen molar-refractivity contribution in [3.63, 3.8) is 0 Å². The average Bonchev–Trinajstić information content (AvgIpc) is 2.35. The van der Waals surface area contributed by atoms with E-state index >= 15 is 0 Å². The Hall–Kier alpha value is -0.910. The Balaban J connectivity index is 3.04. The van der Waals surface area contributed by atoms with E-state index < -0.39 is 0 Å². The molecule has 0 amide bonds. The monoisotopic (exact) mass is 270 g/mol. The number of hydrogen-bond donors (Lipinski definition) is 0. The third-order valence-electron chi connectivity index (χ3n) is 2.66. The fraction of sp³-hybridized carbons (Fsp3) is 0.462. The van der Waals surface area contributed by atoms with Crippen LogP contribution in [0.1, 0.15) is 19.4 Å². The lowest BCUT2D eigenvalue weighted by Gasteiger charge is -2.26. The first-order chi connectivity index (χ1) is 8.13. The van der Waals surface area contributed by atoms with Crippen molar-refractivity contribution in [2.75, 3.05) is 18.0 Å². The van der Waals surface area contributed by atoms with Crippen LogP contribution in [0.5, 0.6) is 0 Å². The summed E-state index contributed by atoms with van der Waals surface area (Å²) >= 11 is 12.1. The summed E-state index contributed by atoms with van der Waals surface area (Å²) in [5, 5.41) is 9.56. The van der Waals surface area contributed by atoms with Crippen molar-refractivity contribution in [1.29, 1.82) is 5.26 Å². The second kappa shape index (κ2) is 6.74. The van der Waals surface area contributed by atoms with E-state index in [0.29, 0.717) is 17.4 Å². The van der Waals surface area contributed by atoms with Crippen molar-refractivity contribution < 1.29 is 0 Å². The first-order valence-electron chi connectivity index (χ1n) is 5.61. The standard InChI is InChI=1S/C13H16Cl2N2/c1-3-17(9-10(2)8-16)13-6-4-5-12(15)11(13)7-14/h4-6,10H,3,7,9H2,1-2H3.